The first kappa shape index (κ1) is 22.0. The van der Waals surface area contributed by atoms with Crippen molar-refractivity contribution in [2.75, 3.05) is 19.4 Å². The number of aromatic nitrogens is 4. The van der Waals surface area contributed by atoms with Crippen molar-refractivity contribution in [2.45, 2.75) is 11.4 Å². The first-order chi connectivity index (χ1) is 15.6. The number of carbonyl (C=O) groups is 1. The second-order valence-electron chi connectivity index (χ2n) is 6.85. The third-order valence-corrected chi connectivity index (χ3v) is 5.95. The molecule has 4 rings (SSSR count). The predicted molar refractivity (Wildman–Crippen MR) is 126 cm³/mol. The molecule has 0 aliphatic rings. The zero-order valence-electron chi connectivity index (χ0n) is 17.3. The predicted octanol–water partition coefficient (Wildman–Crippen LogP) is 4.20. The van der Waals surface area contributed by atoms with Gasteiger partial charge in [-0.3, -0.25) is 4.79 Å². The normalized spacial score (nSPS) is 10.8. The zero-order chi connectivity index (χ0) is 22.3. The monoisotopic (exact) mass is 465 g/mol. The van der Waals surface area contributed by atoms with E-state index in [-0.39, 0.29) is 11.7 Å². The minimum absolute atomic E-state index is 0.0634. The third kappa shape index (κ3) is 5.52. The van der Waals surface area contributed by atoms with Crippen LogP contribution in [0.5, 0.6) is 5.75 Å². The topological polar surface area (TPSA) is 89.9 Å². The maximum absolute atomic E-state index is 12.3. The second kappa shape index (κ2) is 10.4. The molecule has 0 spiro atoms. The molecule has 0 atom stereocenters. The summed E-state index contributed by atoms with van der Waals surface area (Å²) in [6.45, 7) is 0.555. The molecule has 0 radical (unpaired) electrons. The SMILES string of the molecule is COc1ccc(-c2ncc3c(SCC(=O)NCCc4ccc(Cl)cc4)ncnc3n2)cc1. The van der Waals surface area contributed by atoms with Crippen molar-refractivity contribution in [2.24, 2.45) is 0 Å². The van der Waals surface area contributed by atoms with Crippen LogP contribution in [0.4, 0.5) is 0 Å². The van der Waals surface area contributed by atoms with Crippen molar-refractivity contribution < 1.29 is 9.53 Å². The fourth-order valence-electron chi connectivity index (χ4n) is 3.00. The molecule has 0 aliphatic carbocycles. The number of amides is 1. The molecule has 2 aromatic carbocycles. The Morgan fingerprint density at radius 3 is 2.59 bits per heavy atom. The number of rotatable bonds is 8. The van der Waals surface area contributed by atoms with Crippen molar-refractivity contribution in [1.82, 2.24) is 25.3 Å². The van der Waals surface area contributed by atoms with E-state index in [4.69, 9.17) is 16.3 Å². The van der Waals surface area contributed by atoms with Crippen LogP contribution in [0.15, 0.2) is 66.1 Å². The van der Waals surface area contributed by atoms with Crippen molar-refractivity contribution in [3.8, 4) is 17.1 Å². The summed E-state index contributed by atoms with van der Waals surface area (Å²) in [7, 11) is 1.62. The number of thioether (sulfide) groups is 1. The smallest absolute Gasteiger partial charge is 0.230 e. The van der Waals surface area contributed by atoms with Crippen LogP contribution < -0.4 is 10.1 Å². The highest BCUT2D eigenvalue weighted by Gasteiger charge is 2.11. The number of nitrogens with one attached hydrogen (secondary N) is 1. The van der Waals surface area contributed by atoms with Gasteiger partial charge in [-0.1, -0.05) is 35.5 Å². The molecular weight excluding hydrogens is 446 g/mol. The molecule has 1 amide bonds. The van der Waals surface area contributed by atoms with Gasteiger partial charge in [0.15, 0.2) is 11.5 Å². The maximum atomic E-state index is 12.3. The molecule has 1 N–H and O–H groups in total. The number of hydrogen-bond acceptors (Lipinski definition) is 7. The van der Waals surface area contributed by atoms with E-state index in [1.807, 2.05) is 48.5 Å². The Labute approximate surface area is 194 Å². The van der Waals surface area contributed by atoms with Gasteiger partial charge in [0.2, 0.25) is 5.91 Å². The summed E-state index contributed by atoms with van der Waals surface area (Å²) in [6.07, 6.45) is 3.89. The van der Waals surface area contributed by atoms with Crippen LogP contribution in [0.2, 0.25) is 5.02 Å². The van der Waals surface area contributed by atoms with Gasteiger partial charge in [-0.2, -0.15) is 0 Å². The molecule has 32 heavy (non-hydrogen) atoms. The van der Waals surface area contributed by atoms with Gasteiger partial charge in [-0.15, -0.1) is 0 Å². The number of methoxy groups -OCH3 is 1. The van der Waals surface area contributed by atoms with Gasteiger partial charge in [0.1, 0.15) is 17.1 Å². The van der Waals surface area contributed by atoms with Gasteiger partial charge in [0.05, 0.1) is 18.2 Å². The summed E-state index contributed by atoms with van der Waals surface area (Å²) in [5, 5.41) is 5.01. The third-order valence-electron chi connectivity index (χ3n) is 4.69. The molecule has 0 aliphatic heterocycles. The zero-order valence-corrected chi connectivity index (χ0v) is 18.9. The second-order valence-corrected chi connectivity index (χ2v) is 8.25. The van der Waals surface area contributed by atoms with Crippen molar-refractivity contribution >= 4 is 40.3 Å². The van der Waals surface area contributed by atoms with Crippen molar-refractivity contribution in [3.05, 3.63) is 71.6 Å². The van der Waals surface area contributed by atoms with Gasteiger partial charge < -0.3 is 10.1 Å². The van der Waals surface area contributed by atoms with Crippen molar-refractivity contribution in [3.63, 3.8) is 0 Å². The van der Waals surface area contributed by atoms with Crippen LogP contribution in [-0.4, -0.2) is 45.3 Å². The first-order valence-electron chi connectivity index (χ1n) is 9.88. The Kier molecular flexibility index (Phi) is 7.14. The van der Waals surface area contributed by atoms with E-state index < -0.39 is 0 Å². The highest BCUT2D eigenvalue weighted by Crippen LogP contribution is 2.25. The molecule has 4 aromatic rings. The first-order valence-corrected chi connectivity index (χ1v) is 11.2. The van der Waals surface area contributed by atoms with Crippen LogP contribution in [0.1, 0.15) is 5.56 Å². The number of carbonyl (C=O) groups excluding carboxylic acids is 1. The van der Waals surface area contributed by atoms with E-state index in [0.29, 0.717) is 33.5 Å². The quantitative estimate of drug-likeness (QED) is 0.308. The Bertz CT molecular complexity index is 1220. The molecule has 162 valence electrons. The molecule has 7 nitrogen and oxygen atoms in total. The highest BCUT2D eigenvalue weighted by atomic mass is 35.5. The van der Waals surface area contributed by atoms with Crippen LogP contribution in [-0.2, 0) is 11.2 Å². The fraction of sp³-hybridized carbons (Fsp3) is 0.174. The van der Waals surface area contributed by atoms with Crippen LogP contribution >= 0.6 is 23.4 Å². The summed E-state index contributed by atoms with van der Waals surface area (Å²) < 4.78 is 5.19. The largest absolute Gasteiger partial charge is 0.497 e. The van der Waals surface area contributed by atoms with E-state index in [1.165, 1.54) is 18.1 Å². The minimum atomic E-state index is -0.0634. The van der Waals surface area contributed by atoms with E-state index in [2.05, 4.69) is 25.3 Å². The lowest BCUT2D eigenvalue weighted by atomic mass is 10.1. The summed E-state index contributed by atoms with van der Waals surface area (Å²) in [6, 6.07) is 15.1. The van der Waals surface area contributed by atoms with Crippen LogP contribution in [0.25, 0.3) is 22.4 Å². The van der Waals surface area contributed by atoms with Gasteiger partial charge in [0.25, 0.3) is 0 Å². The molecule has 0 bridgehead atoms. The van der Waals surface area contributed by atoms with Crippen molar-refractivity contribution in [1.29, 1.82) is 0 Å². The Morgan fingerprint density at radius 1 is 1.06 bits per heavy atom. The van der Waals surface area contributed by atoms with E-state index in [0.717, 1.165) is 23.3 Å². The van der Waals surface area contributed by atoms with Crippen LogP contribution in [0, 0.1) is 0 Å². The van der Waals surface area contributed by atoms with E-state index in [9.17, 15) is 4.79 Å². The molecule has 0 saturated heterocycles. The average Bonchev–Trinajstić information content (AvgIpc) is 2.83. The van der Waals surface area contributed by atoms with E-state index in [1.54, 1.807) is 13.3 Å². The summed E-state index contributed by atoms with van der Waals surface area (Å²) in [5.41, 5.74) is 2.51. The highest BCUT2D eigenvalue weighted by molar-refractivity contribution is 8.00. The molecule has 0 fully saturated rings. The lowest BCUT2D eigenvalue weighted by Gasteiger charge is -2.07. The average molecular weight is 466 g/mol. The number of benzene rings is 2. The lowest BCUT2D eigenvalue weighted by Crippen LogP contribution is -2.27. The Morgan fingerprint density at radius 2 is 1.84 bits per heavy atom. The molecule has 0 unspecified atom stereocenters. The Balaban J connectivity index is 1.37. The van der Waals surface area contributed by atoms with E-state index >= 15 is 0 Å². The standard InChI is InChI=1S/C23H20ClN5O2S/c1-31-18-8-4-16(5-9-18)21-26-12-19-22(29-21)27-14-28-23(19)32-13-20(30)25-11-10-15-2-6-17(24)7-3-15/h2-9,12,14H,10-11,13H2,1H3,(H,25,30). The number of hydrogen-bond donors (Lipinski definition) is 1. The molecule has 0 saturated carbocycles. The fourth-order valence-corrected chi connectivity index (χ4v) is 3.92. The molecule has 2 aromatic heterocycles. The van der Waals surface area contributed by atoms with Gasteiger partial charge in [-0.25, -0.2) is 19.9 Å². The number of fused-ring (bicyclic) bond motifs is 1. The van der Waals surface area contributed by atoms with Gasteiger partial charge >= 0.3 is 0 Å². The molecule has 9 heteroatoms. The molecule has 2 heterocycles. The lowest BCUT2D eigenvalue weighted by molar-refractivity contribution is -0.118. The van der Waals surface area contributed by atoms with Crippen LogP contribution in [0.3, 0.4) is 0 Å². The maximum Gasteiger partial charge on any atom is 0.230 e. The summed E-state index contributed by atoms with van der Waals surface area (Å²) >= 11 is 7.23. The Hall–Kier alpha value is -3.23. The summed E-state index contributed by atoms with van der Waals surface area (Å²) in [5.74, 6) is 1.51. The minimum Gasteiger partial charge on any atom is -0.497 e. The van der Waals surface area contributed by atoms with Gasteiger partial charge in [-0.05, 0) is 48.4 Å². The molecular formula is C23H20ClN5O2S. The number of ether oxygens (including phenoxy) is 1. The van der Waals surface area contributed by atoms with Gasteiger partial charge in [0, 0.05) is 23.3 Å². The number of nitrogens with zero attached hydrogens (tertiary/aromatic N) is 4. The summed E-state index contributed by atoms with van der Waals surface area (Å²) in [4.78, 5) is 29.8. The number of halogens is 1.